The molecule has 2 rings (SSSR count). The zero-order chi connectivity index (χ0) is 12.3. The van der Waals surface area contributed by atoms with Crippen molar-refractivity contribution in [2.24, 2.45) is 0 Å². The van der Waals surface area contributed by atoms with Crippen molar-refractivity contribution >= 4 is 28.5 Å². The van der Waals surface area contributed by atoms with E-state index in [0.717, 1.165) is 36.3 Å². The van der Waals surface area contributed by atoms with Gasteiger partial charge in [-0.2, -0.15) is 9.36 Å². The van der Waals surface area contributed by atoms with Crippen molar-refractivity contribution in [3.05, 3.63) is 0 Å². The number of aromatic nitrogens is 2. The van der Waals surface area contributed by atoms with E-state index in [1.165, 1.54) is 4.90 Å². The quantitative estimate of drug-likeness (QED) is 0.779. The number of carbonyl (C=O) groups excluding carboxylic acids is 1. The number of thioether (sulfide) groups is 1. The van der Waals surface area contributed by atoms with Crippen molar-refractivity contribution < 1.29 is 14.3 Å². The molecule has 8 heteroatoms. The molecule has 0 N–H and O–H groups in total. The Morgan fingerprint density at radius 3 is 3.12 bits per heavy atom. The van der Waals surface area contributed by atoms with Crippen molar-refractivity contribution in [2.75, 3.05) is 27.3 Å². The van der Waals surface area contributed by atoms with Crippen LogP contribution in [0.5, 0.6) is 5.19 Å². The van der Waals surface area contributed by atoms with Gasteiger partial charge in [-0.05, 0) is 0 Å². The van der Waals surface area contributed by atoms with Crippen LogP contribution in [0.4, 0.5) is 4.79 Å². The summed E-state index contributed by atoms with van der Waals surface area (Å²) in [5.74, 6) is 0. The zero-order valence-electron chi connectivity index (χ0n) is 9.58. The van der Waals surface area contributed by atoms with Gasteiger partial charge in [-0.1, -0.05) is 0 Å². The van der Waals surface area contributed by atoms with Gasteiger partial charge in [-0.25, -0.2) is 0 Å². The summed E-state index contributed by atoms with van der Waals surface area (Å²) in [4.78, 5) is 17.0. The molecule has 1 fully saturated rings. The summed E-state index contributed by atoms with van der Waals surface area (Å²) in [6, 6.07) is 0. The third-order valence-electron chi connectivity index (χ3n) is 2.09. The summed E-state index contributed by atoms with van der Waals surface area (Å²) < 4.78 is 14.8. The number of rotatable bonds is 3. The summed E-state index contributed by atoms with van der Waals surface area (Å²) >= 11 is 2.15. The molecule has 1 saturated heterocycles. The highest BCUT2D eigenvalue weighted by molar-refractivity contribution is 8.13. The predicted molar refractivity (Wildman–Crippen MR) is 64.7 cm³/mol. The molecule has 1 atom stereocenters. The first kappa shape index (κ1) is 12.6. The molecule has 1 aliphatic heterocycles. The number of carbonyl (C=O) groups is 1. The molecule has 1 amide bonds. The van der Waals surface area contributed by atoms with Crippen LogP contribution in [0.25, 0.3) is 0 Å². The molecule has 1 aliphatic rings. The van der Waals surface area contributed by atoms with Crippen LogP contribution in [0.2, 0.25) is 0 Å². The molecule has 0 bridgehead atoms. The maximum atomic E-state index is 11.4. The van der Waals surface area contributed by atoms with E-state index in [1.54, 1.807) is 14.1 Å². The summed E-state index contributed by atoms with van der Waals surface area (Å²) in [6.07, 6.45) is 0.934. The minimum absolute atomic E-state index is 0.0605. The normalized spacial score (nSPS) is 19.3. The lowest BCUT2D eigenvalue weighted by molar-refractivity contribution is 0.141. The third-order valence-corrected chi connectivity index (χ3v) is 3.72. The Balaban J connectivity index is 1.89. The Bertz CT molecular complexity index is 391. The van der Waals surface area contributed by atoms with E-state index in [1.807, 2.05) is 0 Å². The average molecular weight is 275 g/mol. The van der Waals surface area contributed by atoms with Gasteiger partial charge in [0, 0.05) is 43.8 Å². The van der Waals surface area contributed by atoms with Crippen molar-refractivity contribution in [3.63, 3.8) is 0 Å². The largest absolute Gasteiger partial charge is 0.463 e. The first-order chi connectivity index (χ1) is 8.15. The molecule has 1 aromatic heterocycles. The minimum atomic E-state index is -0.0986. The molecule has 0 radical (unpaired) electrons. The zero-order valence-corrected chi connectivity index (χ0v) is 11.2. The number of amides is 1. The van der Waals surface area contributed by atoms with Crippen LogP contribution in [0, 0.1) is 0 Å². The lowest BCUT2D eigenvalue weighted by Gasteiger charge is -2.07. The predicted octanol–water partition coefficient (Wildman–Crippen LogP) is 1.48. The monoisotopic (exact) mass is 275 g/mol. The second-order valence-corrected chi connectivity index (χ2v) is 5.34. The van der Waals surface area contributed by atoms with Gasteiger partial charge in [-0.15, -0.1) is 0 Å². The number of ether oxygens (including phenoxy) is 2. The molecule has 2 heterocycles. The van der Waals surface area contributed by atoms with Gasteiger partial charge in [0.1, 0.15) is 6.10 Å². The van der Waals surface area contributed by atoms with Crippen molar-refractivity contribution in [3.8, 4) is 5.19 Å². The second kappa shape index (κ2) is 5.65. The first-order valence-electron chi connectivity index (χ1n) is 5.12. The van der Waals surface area contributed by atoms with Crippen molar-refractivity contribution in [1.29, 1.82) is 0 Å². The Labute approximate surface area is 107 Å². The molecule has 17 heavy (non-hydrogen) atoms. The first-order valence-corrected chi connectivity index (χ1v) is 6.71. The van der Waals surface area contributed by atoms with Gasteiger partial charge in [0.15, 0.2) is 0 Å². The fourth-order valence-electron chi connectivity index (χ4n) is 1.20. The summed E-state index contributed by atoms with van der Waals surface area (Å²) in [7, 11) is 3.38. The van der Waals surface area contributed by atoms with Gasteiger partial charge < -0.3 is 14.4 Å². The van der Waals surface area contributed by atoms with Crippen LogP contribution in [0.1, 0.15) is 6.42 Å². The standard InChI is InChI=1S/C9H13N3O3S2/c1-12(2)9(13)16-7-10-8(17-11-7)15-6-3-4-14-5-6/h6H,3-5H2,1-2H3. The van der Waals surface area contributed by atoms with Crippen LogP contribution in [-0.2, 0) is 4.74 Å². The Morgan fingerprint density at radius 2 is 2.47 bits per heavy atom. The summed E-state index contributed by atoms with van der Waals surface area (Å²) in [5, 5.41) is 0.829. The van der Waals surface area contributed by atoms with E-state index >= 15 is 0 Å². The molecule has 6 nitrogen and oxygen atoms in total. The molecule has 0 saturated carbocycles. The molecule has 94 valence electrons. The lowest BCUT2D eigenvalue weighted by atomic mass is 10.3. The Morgan fingerprint density at radius 1 is 1.65 bits per heavy atom. The smallest absolute Gasteiger partial charge is 0.294 e. The van der Waals surface area contributed by atoms with Gasteiger partial charge in [-0.3, -0.25) is 4.79 Å². The molecule has 1 aromatic rings. The van der Waals surface area contributed by atoms with Gasteiger partial charge >= 0.3 is 0 Å². The van der Waals surface area contributed by atoms with Crippen LogP contribution in [0.15, 0.2) is 5.16 Å². The maximum Gasteiger partial charge on any atom is 0.294 e. The maximum absolute atomic E-state index is 11.4. The summed E-state index contributed by atoms with van der Waals surface area (Å²) in [5.41, 5.74) is 0. The molecular formula is C9H13N3O3S2. The molecule has 1 unspecified atom stereocenters. The van der Waals surface area contributed by atoms with Crippen LogP contribution < -0.4 is 4.74 Å². The van der Waals surface area contributed by atoms with Crippen molar-refractivity contribution in [2.45, 2.75) is 17.7 Å². The van der Waals surface area contributed by atoms with Gasteiger partial charge in [0.2, 0.25) is 5.16 Å². The minimum Gasteiger partial charge on any atom is -0.463 e. The van der Waals surface area contributed by atoms with Crippen molar-refractivity contribution in [1.82, 2.24) is 14.3 Å². The van der Waals surface area contributed by atoms with Crippen LogP contribution in [0.3, 0.4) is 0 Å². The highest BCUT2D eigenvalue weighted by Crippen LogP contribution is 2.25. The number of hydrogen-bond donors (Lipinski definition) is 0. The van der Waals surface area contributed by atoms with E-state index in [0.29, 0.717) is 17.0 Å². The average Bonchev–Trinajstić information content (AvgIpc) is 2.91. The van der Waals surface area contributed by atoms with Crippen LogP contribution >= 0.6 is 23.3 Å². The Hall–Kier alpha value is -0.860. The highest BCUT2D eigenvalue weighted by atomic mass is 32.2. The fourth-order valence-corrected chi connectivity index (χ4v) is 2.49. The highest BCUT2D eigenvalue weighted by Gasteiger charge is 2.20. The lowest BCUT2D eigenvalue weighted by Crippen LogP contribution is -2.16. The van der Waals surface area contributed by atoms with E-state index < -0.39 is 0 Å². The molecular weight excluding hydrogens is 262 g/mol. The van der Waals surface area contributed by atoms with Crippen LogP contribution in [-0.4, -0.2) is 52.9 Å². The second-order valence-electron chi connectivity index (χ2n) is 3.71. The van der Waals surface area contributed by atoms with E-state index in [4.69, 9.17) is 9.47 Å². The Kier molecular flexibility index (Phi) is 4.19. The van der Waals surface area contributed by atoms with E-state index in [9.17, 15) is 4.79 Å². The topological polar surface area (TPSA) is 64.6 Å². The fraction of sp³-hybridized carbons (Fsp3) is 0.667. The van der Waals surface area contributed by atoms with Gasteiger partial charge in [0.05, 0.1) is 13.2 Å². The summed E-state index contributed by atoms with van der Waals surface area (Å²) in [6.45, 7) is 1.32. The SMILES string of the molecule is CN(C)C(=O)Sc1nsc(OC2CCOC2)n1. The molecule has 0 aliphatic carbocycles. The van der Waals surface area contributed by atoms with E-state index in [2.05, 4.69) is 9.36 Å². The number of hydrogen-bond acceptors (Lipinski definition) is 7. The molecule has 0 spiro atoms. The number of nitrogens with zero attached hydrogens (tertiary/aromatic N) is 3. The third kappa shape index (κ3) is 3.55. The van der Waals surface area contributed by atoms with E-state index in [-0.39, 0.29) is 11.3 Å². The van der Waals surface area contributed by atoms with Gasteiger partial charge in [0.25, 0.3) is 10.4 Å². The molecule has 0 aromatic carbocycles.